The Bertz CT molecular complexity index is 989. The minimum atomic E-state index is -0.341. The van der Waals surface area contributed by atoms with Gasteiger partial charge in [0, 0.05) is 24.4 Å². The van der Waals surface area contributed by atoms with Gasteiger partial charge in [-0.3, -0.25) is 9.59 Å². The molecule has 0 aliphatic rings. The monoisotopic (exact) mass is 393 g/mol. The van der Waals surface area contributed by atoms with Gasteiger partial charge in [-0.2, -0.15) is 0 Å². The summed E-state index contributed by atoms with van der Waals surface area (Å²) in [5, 5.41) is 5.32. The lowest BCUT2D eigenvalue weighted by molar-refractivity contribution is -0.120. The first kappa shape index (κ1) is 20.0. The number of ether oxygens (including phenoxy) is 1. The van der Waals surface area contributed by atoms with Crippen molar-refractivity contribution in [1.29, 1.82) is 0 Å². The highest BCUT2D eigenvalue weighted by molar-refractivity contribution is 5.97. The Kier molecular flexibility index (Phi) is 6.52. The van der Waals surface area contributed by atoms with Gasteiger partial charge < -0.3 is 15.4 Å². The summed E-state index contributed by atoms with van der Waals surface area (Å²) in [7, 11) is 0. The minimum Gasteiger partial charge on any atom is -0.439 e. The van der Waals surface area contributed by atoms with Crippen molar-refractivity contribution >= 4 is 11.8 Å². The number of nitrogens with zero attached hydrogens (tertiary/aromatic N) is 1. The number of amides is 2. The summed E-state index contributed by atoms with van der Waals surface area (Å²) < 4.78 is 18.4. The average Bonchev–Trinajstić information content (AvgIpc) is 2.73. The van der Waals surface area contributed by atoms with Crippen molar-refractivity contribution in [2.75, 3.05) is 6.54 Å². The first-order valence-corrected chi connectivity index (χ1v) is 9.00. The third kappa shape index (κ3) is 5.87. The van der Waals surface area contributed by atoms with Crippen LogP contribution in [0.2, 0.25) is 0 Å². The van der Waals surface area contributed by atoms with Crippen molar-refractivity contribution in [3.63, 3.8) is 0 Å². The van der Waals surface area contributed by atoms with Crippen molar-refractivity contribution in [2.24, 2.45) is 0 Å². The molecular weight excluding hydrogens is 373 g/mol. The zero-order chi connectivity index (χ0) is 20.6. The van der Waals surface area contributed by atoms with Crippen LogP contribution in [0.1, 0.15) is 21.5 Å². The van der Waals surface area contributed by atoms with E-state index >= 15 is 0 Å². The Labute approximate surface area is 167 Å². The van der Waals surface area contributed by atoms with Gasteiger partial charge >= 0.3 is 0 Å². The highest BCUT2D eigenvalue weighted by Crippen LogP contribution is 2.19. The molecule has 2 amide bonds. The van der Waals surface area contributed by atoms with Crippen molar-refractivity contribution in [2.45, 2.75) is 13.5 Å². The third-order valence-corrected chi connectivity index (χ3v) is 4.12. The van der Waals surface area contributed by atoms with E-state index in [4.69, 9.17) is 4.74 Å². The summed E-state index contributed by atoms with van der Waals surface area (Å²) in [5.41, 5.74) is 2.16. The molecule has 1 aromatic heterocycles. The van der Waals surface area contributed by atoms with Crippen molar-refractivity contribution in [1.82, 2.24) is 15.6 Å². The van der Waals surface area contributed by atoms with E-state index in [0.29, 0.717) is 17.2 Å². The van der Waals surface area contributed by atoms with Crippen molar-refractivity contribution in [3.8, 4) is 11.6 Å². The highest BCUT2D eigenvalue weighted by atomic mass is 19.1. The molecule has 3 rings (SSSR count). The van der Waals surface area contributed by atoms with Gasteiger partial charge in [0.15, 0.2) is 0 Å². The van der Waals surface area contributed by atoms with Crippen LogP contribution in [-0.4, -0.2) is 23.3 Å². The molecule has 0 fully saturated rings. The van der Waals surface area contributed by atoms with Crippen LogP contribution in [0.15, 0.2) is 66.9 Å². The quantitative estimate of drug-likeness (QED) is 0.645. The van der Waals surface area contributed by atoms with Crippen LogP contribution in [0.3, 0.4) is 0 Å². The van der Waals surface area contributed by atoms with Crippen LogP contribution >= 0.6 is 0 Å². The van der Waals surface area contributed by atoms with E-state index in [2.05, 4.69) is 15.6 Å². The maximum Gasteiger partial charge on any atom is 0.251 e. The van der Waals surface area contributed by atoms with E-state index < -0.39 is 0 Å². The molecule has 2 N–H and O–H groups in total. The first-order valence-electron chi connectivity index (χ1n) is 9.00. The number of aromatic nitrogens is 1. The third-order valence-electron chi connectivity index (χ3n) is 4.12. The van der Waals surface area contributed by atoms with Crippen LogP contribution in [0.25, 0.3) is 0 Å². The number of carbonyl (C=O) groups is 2. The van der Waals surface area contributed by atoms with Crippen LogP contribution in [-0.2, 0) is 11.3 Å². The fourth-order valence-corrected chi connectivity index (χ4v) is 2.55. The highest BCUT2D eigenvalue weighted by Gasteiger charge is 2.10. The predicted octanol–water partition coefficient (Wildman–Crippen LogP) is 3.37. The van der Waals surface area contributed by atoms with Gasteiger partial charge in [-0.25, -0.2) is 9.37 Å². The fourth-order valence-electron chi connectivity index (χ4n) is 2.55. The molecule has 3 aromatic rings. The summed E-state index contributed by atoms with van der Waals surface area (Å²) in [6.07, 6.45) is 1.57. The lowest BCUT2D eigenvalue weighted by Crippen LogP contribution is -2.36. The smallest absolute Gasteiger partial charge is 0.251 e. The van der Waals surface area contributed by atoms with Crippen molar-refractivity contribution < 1.29 is 18.7 Å². The number of pyridine rings is 1. The summed E-state index contributed by atoms with van der Waals surface area (Å²) in [4.78, 5) is 28.2. The zero-order valence-corrected chi connectivity index (χ0v) is 15.8. The number of benzene rings is 2. The van der Waals surface area contributed by atoms with Gasteiger partial charge in [0.2, 0.25) is 11.8 Å². The van der Waals surface area contributed by atoms with Crippen LogP contribution in [0.4, 0.5) is 4.39 Å². The number of carbonyl (C=O) groups excluding carboxylic acids is 2. The van der Waals surface area contributed by atoms with Gasteiger partial charge in [0.1, 0.15) is 11.6 Å². The second-order valence-corrected chi connectivity index (χ2v) is 6.33. The number of halogens is 1. The predicted molar refractivity (Wildman–Crippen MR) is 106 cm³/mol. The number of aryl methyl sites for hydroxylation is 1. The Hall–Kier alpha value is -3.74. The van der Waals surface area contributed by atoms with Gasteiger partial charge in [-0.1, -0.05) is 24.3 Å². The van der Waals surface area contributed by atoms with E-state index in [-0.39, 0.29) is 30.7 Å². The standard InChI is InChI=1S/C22H20FN3O3/c1-15-4-2-3-5-19(15)22(28)26-14-20(27)24-12-16-6-11-21(25-13-16)29-18-9-7-17(23)8-10-18/h2-11,13H,12,14H2,1H3,(H,24,27)(H,26,28). The molecule has 0 aliphatic carbocycles. The molecule has 6 nitrogen and oxygen atoms in total. The molecule has 0 unspecified atom stereocenters. The summed E-state index contributed by atoms with van der Waals surface area (Å²) >= 11 is 0. The number of hydrogen-bond acceptors (Lipinski definition) is 4. The Morgan fingerprint density at radius 2 is 1.76 bits per heavy atom. The fraction of sp³-hybridized carbons (Fsp3) is 0.136. The summed E-state index contributed by atoms with van der Waals surface area (Å²) in [5.74, 6) is -0.103. The van der Waals surface area contributed by atoms with Crippen molar-refractivity contribution in [3.05, 3.63) is 89.4 Å². The molecule has 148 valence electrons. The van der Waals surface area contributed by atoms with Gasteiger partial charge in [-0.15, -0.1) is 0 Å². The Morgan fingerprint density at radius 3 is 2.45 bits per heavy atom. The average molecular weight is 393 g/mol. The van der Waals surface area contributed by atoms with Crippen LogP contribution in [0.5, 0.6) is 11.6 Å². The van der Waals surface area contributed by atoms with Gasteiger partial charge in [0.05, 0.1) is 6.54 Å². The molecule has 0 spiro atoms. The minimum absolute atomic E-state index is 0.119. The molecule has 0 radical (unpaired) electrons. The van der Waals surface area contributed by atoms with Gasteiger partial charge in [-0.05, 0) is 48.4 Å². The topological polar surface area (TPSA) is 80.3 Å². The summed E-state index contributed by atoms with van der Waals surface area (Å²) in [6.45, 7) is 1.99. The SMILES string of the molecule is Cc1ccccc1C(=O)NCC(=O)NCc1ccc(Oc2ccc(F)cc2)nc1. The van der Waals surface area contributed by atoms with E-state index in [1.165, 1.54) is 24.3 Å². The molecule has 7 heteroatoms. The Balaban J connectivity index is 1.44. The maximum absolute atomic E-state index is 12.9. The van der Waals surface area contributed by atoms with Gasteiger partial charge in [0.25, 0.3) is 5.91 Å². The molecule has 0 aliphatic heterocycles. The molecule has 0 atom stereocenters. The molecule has 29 heavy (non-hydrogen) atoms. The molecule has 1 heterocycles. The molecule has 0 saturated carbocycles. The second kappa shape index (κ2) is 9.45. The molecule has 2 aromatic carbocycles. The molecular formula is C22H20FN3O3. The summed E-state index contributed by atoms with van der Waals surface area (Å²) in [6, 6.07) is 16.2. The van der Waals surface area contributed by atoms with E-state index in [1.807, 2.05) is 19.1 Å². The lowest BCUT2D eigenvalue weighted by Gasteiger charge is -2.09. The zero-order valence-electron chi connectivity index (χ0n) is 15.8. The Morgan fingerprint density at radius 1 is 1.00 bits per heavy atom. The van der Waals surface area contributed by atoms with Crippen LogP contribution in [0, 0.1) is 12.7 Å². The normalized spacial score (nSPS) is 10.3. The number of rotatable bonds is 7. The largest absolute Gasteiger partial charge is 0.439 e. The molecule has 0 bridgehead atoms. The first-order chi connectivity index (χ1) is 14.0. The van der Waals surface area contributed by atoms with E-state index in [9.17, 15) is 14.0 Å². The lowest BCUT2D eigenvalue weighted by atomic mass is 10.1. The second-order valence-electron chi connectivity index (χ2n) is 6.33. The van der Waals surface area contributed by atoms with Crippen LogP contribution < -0.4 is 15.4 Å². The maximum atomic E-state index is 12.9. The molecule has 0 saturated heterocycles. The number of hydrogen-bond donors (Lipinski definition) is 2. The number of nitrogens with one attached hydrogen (secondary N) is 2. The van der Waals surface area contributed by atoms with E-state index in [1.54, 1.807) is 30.5 Å². The van der Waals surface area contributed by atoms with E-state index in [0.717, 1.165) is 11.1 Å².